The Hall–Kier alpha value is -1.93. The van der Waals surface area contributed by atoms with E-state index in [1.807, 2.05) is 6.07 Å². The van der Waals surface area contributed by atoms with Gasteiger partial charge in [-0.1, -0.05) is 81.2 Å². The van der Waals surface area contributed by atoms with Crippen molar-refractivity contribution in [3.8, 4) is 11.1 Å². The Morgan fingerprint density at radius 3 is 2.57 bits per heavy atom. The zero-order valence-corrected chi connectivity index (χ0v) is 18.1. The standard InChI is InChI=1S/C28H35FO/c1-2-6-26-24(19-30)17-23-7-3-4-10-27(23)28(26)16-13-20-11-14-21(15-12-20)22-8-5-9-25(29)18-22/h5,8-9,11-16,18,23-24,26-28,30H,2-4,6-7,10,17,19H2,1H3/b16-13+/t23-,24-,26-,27+,28+/m0/s1. The van der Waals surface area contributed by atoms with Crippen LogP contribution in [0.4, 0.5) is 4.39 Å². The van der Waals surface area contributed by atoms with Gasteiger partial charge in [0.05, 0.1) is 0 Å². The third kappa shape index (κ3) is 4.70. The average Bonchev–Trinajstić information content (AvgIpc) is 2.78. The van der Waals surface area contributed by atoms with Gasteiger partial charge in [0.2, 0.25) is 0 Å². The number of hydrogen-bond donors (Lipinski definition) is 1. The molecule has 2 aromatic carbocycles. The lowest BCUT2D eigenvalue weighted by Gasteiger charge is -2.48. The quantitative estimate of drug-likeness (QED) is 0.531. The lowest BCUT2D eigenvalue weighted by molar-refractivity contribution is 0.00481. The van der Waals surface area contributed by atoms with Crippen molar-refractivity contribution in [3.05, 3.63) is 66.0 Å². The Balaban J connectivity index is 1.55. The molecule has 2 saturated carbocycles. The Morgan fingerprint density at radius 1 is 1.03 bits per heavy atom. The summed E-state index contributed by atoms with van der Waals surface area (Å²) in [5.41, 5.74) is 3.15. The van der Waals surface area contributed by atoms with Crippen molar-refractivity contribution >= 4 is 6.08 Å². The second kappa shape index (κ2) is 9.92. The van der Waals surface area contributed by atoms with Crippen LogP contribution in [0.25, 0.3) is 17.2 Å². The van der Waals surface area contributed by atoms with Crippen molar-refractivity contribution < 1.29 is 9.50 Å². The minimum atomic E-state index is -0.198. The molecule has 0 heterocycles. The lowest BCUT2D eigenvalue weighted by Crippen LogP contribution is -2.42. The largest absolute Gasteiger partial charge is 0.396 e. The third-order valence-corrected chi connectivity index (χ3v) is 7.60. The molecule has 1 N–H and O–H groups in total. The predicted octanol–water partition coefficient (Wildman–Crippen LogP) is 7.36. The van der Waals surface area contributed by atoms with E-state index in [0.717, 1.165) is 23.0 Å². The number of aliphatic hydroxyl groups excluding tert-OH is 1. The van der Waals surface area contributed by atoms with E-state index in [1.165, 1.54) is 56.6 Å². The molecular weight excluding hydrogens is 371 g/mol. The highest BCUT2D eigenvalue weighted by Crippen LogP contribution is 2.50. The monoisotopic (exact) mass is 406 g/mol. The van der Waals surface area contributed by atoms with E-state index >= 15 is 0 Å². The fraction of sp³-hybridized carbons (Fsp3) is 0.500. The average molecular weight is 407 g/mol. The molecule has 2 fully saturated rings. The van der Waals surface area contributed by atoms with E-state index in [9.17, 15) is 9.50 Å². The predicted molar refractivity (Wildman–Crippen MR) is 123 cm³/mol. The Bertz CT molecular complexity index is 840. The summed E-state index contributed by atoms with van der Waals surface area (Å²) < 4.78 is 13.5. The highest BCUT2D eigenvalue weighted by molar-refractivity contribution is 5.65. The van der Waals surface area contributed by atoms with Gasteiger partial charge in [0.25, 0.3) is 0 Å². The normalized spacial score (nSPS) is 29.1. The van der Waals surface area contributed by atoms with Crippen LogP contribution in [0, 0.1) is 35.4 Å². The summed E-state index contributed by atoms with van der Waals surface area (Å²) in [6.07, 6.45) is 13.8. The summed E-state index contributed by atoms with van der Waals surface area (Å²) in [5.74, 6) is 2.99. The molecule has 0 spiro atoms. The summed E-state index contributed by atoms with van der Waals surface area (Å²) in [6, 6.07) is 15.2. The maximum atomic E-state index is 13.5. The van der Waals surface area contributed by atoms with Crippen LogP contribution in [-0.2, 0) is 0 Å². The van der Waals surface area contributed by atoms with E-state index in [-0.39, 0.29) is 5.82 Å². The molecule has 0 aromatic heterocycles. The minimum Gasteiger partial charge on any atom is -0.396 e. The number of aliphatic hydroxyl groups is 1. The van der Waals surface area contributed by atoms with Crippen molar-refractivity contribution in [2.45, 2.75) is 51.9 Å². The molecule has 2 aliphatic carbocycles. The van der Waals surface area contributed by atoms with Crippen LogP contribution in [0.5, 0.6) is 0 Å². The van der Waals surface area contributed by atoms with E-state index in [4.69, 9.17) is 0 Å². The number of rotatable bonds is 6. The summed E-state index contributed by atoms with van der Waals surface area (Å²) in [6.45, 7) is 2.61. The Labute approximate surface area is 181 Å². The van der Waals surface area contributed by atoms with Gasteiger partial charge in [-0.05, 0) is 77.7 Å². The highest BCUT2D eigenvalue weighted by atomic mass is 19.1. The van der Waals surface area contributed by atoms with Crippen molar-refractivity contribution in [1.29, 1.82) is 0 Å². The molecule has 2 aliphatic rings. The van der Waals surface area contributed by atoms with Crippen LogP contribution in [-0.4, -0.2) is 11.7 Å². The summed E-state index contributed by atoms with van der Waals surface area (Å²) in [7, 11) is 0. The fourth-order valence-electron chi connectivity index (χ4n) is 6.16. The number of allylic oxidation sites excluding steroid dienone is 1. The Morgan fingerprint density at radius 2 is 1.83 bits per heavy atom. The molecule has 5 atom stereocenters. The number of fused-ring (bicyclic) bond motifs is 1. The summed E-state index contributed by atoms with van der Waals surface area (Å²) in [4.78, 5) is 0. The van der Waals surface area contributed by atoms with E-state index in [2.05, 4.69) is 43.3 Å². The zero-order chi connectivity index (χ0) is 20.9. The number of hydrogen-bond acceptors (Lipinski definition) is 1. The fourth-order valence-corrected chi connectivity index (χ4v) is 6.16. The van der Waals surface area contributed by atoms with E-state index in [0.29, 0.717) is 24.4 Å². The van der Waals surface area contributed by atoms with Crippen LogP contribution in [0.3, 0.4) is 0 Å². The van der Waals surface area contributed by atoms with Crippen molar-refractivity contribution in [2.24, 2.45) is 29.6 Å². The molecule has 0 radical (unpaired) electrons. The molecule has 2 aromatic rings. The summed E-state index contributed by atoms with van der Waals surface area (Å²) in [5, 5.41) is 10.1. The molecule has 0 bridgehead atoms. The van der Waals surface area contributed by atoms with Gasteiger partial charge in [0.15, 0.2) is 0 Å². The molecule has 1 nitrogen and oxygen atoms in total. The van der Waals surface area contributed by atoms with Crippen molar-refractivity contribution in [2.75, 3.05) is 6.61 Å². The summed E-state index contributed by atoms with van der Waals surface area (Å²) >= 11 is 0. The molecule has 30 heavy (non-hydrogen) atoms. The minimum absolute atomic E-state index is 0.198. The third-order valence-electron chi connectivity index (χ3n) is 7.60. The first-order valence-corrected chi connectivity index (χ1v) is 11.8. The second-order valence-electron chi connectivity index (χ2n) is 9.41. The molecule has 160 valence electrons. The molecule has 0 saturated heterocycles. The molecule has 0 amide bonds. The van der Waals surface area contributed by atoms with E-state index in [1.54, 1.807) is 12.1 Å². The van der Waals surface area contributed by atoms with Crippen molar-refractivity contribution in [1.82, 2.24) is 0 Å². The first-order chi connectivity index (χ1) is 14.7. The maximum Gasteiger partial charge on any atom is 0.123 e. The first-order valence-electron chi connectivity index (χ1n) is 11.8. The van der Waals surface area contributed by atoms with Gasteiger partial charge in [-0.3, -0.25) is 0 Å². The van der Waals surface area contributed by atoms with Gasteiger partial charge in [0.1, 0.15) is 5.82 Å². The molecule has 0 unspecified atom stereocenters. The van der Waals surface area contributed by atoms with Gasteiger partial charge in [-0.25, -0.2) is 4.39 Å². The number of benzene rings is 2. The number of halogens is 1. The van der Waals surface area contributed by atoms with Crippen LogP contribution in [0.2, 0.25) is 0 Å². The van der Waals surface area contributed by atoms with Gasteiger partial charge < -0.3 is 5.11 Å². The molecule has 0 aliphatic heterocycles. The highest BCUT2D eigenvalue weighted by Gasteiger charge is 2.43. The smallest absolute Gasteiger partial charge is 0.123 e. The SMILES string of the molecule is CCC[C@H]1[C@H](CO)C[C@@H]2CCCC[C@H]2[C@@H]1/C=C/c1ccc(-c2cccc(F)c2)cc1. The van der Waals surface area contributed by atoms with Crippen LogP contribution in [0.15, 0.2) is 54.6 Å². The Kier molecular flexibility index (Phi) is 7.04. The van der Waals surface area contributed by atoms with E-state index < -0.39 is 0 Å². The lowest BCUT2D eigenvalue weighted by atomic mass is 9.57. The van der Waals surface area contributed by atoms with Crippen LogP contribution < -0.4 is 0 Å². The molecular formula is C28H35FO. The van der Waals surface area contributed by atoms with Gasteiger partial charge >= 0.3 is 0 Å². The van der Waals surface area contributed by atoms with Crippen LogP contribution >= 0.6 is 0 Å². The van der Waals surface area contributed by atoms with Gasteiger partial charge in [0, 0.05) is 6.61 Å². The van der Waals surface area contributed by atoms with Gasteiger partial charge in [-0.15, -0.1) is 0 Å². The zero-order valence-electron chi connectivity index (χ0n) is 18.1. The van der Waals surface area contributed by atoms with Gasteiger partial charge in [-0.2, -0.15) is 0 Å². The van der Waals surface area contributed by atoms with Crippen LogP contribution in [0.1, 0.15) is 57.4 Å². The first kappa shape index (κ1) is 21.3. The maximum absolute atomic E-state index is 13.5. The van der Waals surface area contributed by atoms with Crippen molar-refractivity contribution in [3.63, 3.8) is 0 Å². The molecule has 4 rings (SSSR count). The second-order valence-corrected chi connectivity index (χ2v) is 9.41. The topological polar surface area (TPSA) is 20.2 Å². The molecule has 2 heteroatoms.